The van der Waals surface area contributed by atoms with Crippen molar-refractivity contribution in [3.63, 3.8) is 0 Å². The number of hydrogen-bond acceptors (Lipinski definition) is 4. The zero-order valence-electron chi connectivity index (χ0n) is 12.0. The quantitative estimate of drug-likeness (QED) is 0.849. The van der Waals surface area contributed by atoms with Crippen LogP contribution in [0.1, 0.15) is 25.0 Å². The SMILES string of the molecule is COC(=O)C(NCc1cc(Cl)cc2c1OCC2)C(C)C. The third-order valence-corrected chi connectivity index (χ3v) is 3.68. The molecule has 0 fully saturated rings. The van der Waals surface area contributed by atoms with Gasteiger partial charge in [0.2, 0.25) is 0 Å². The van der Waals surface area contributed by atoms with E-state index in [-0.39, 0.29) is 17.9 Å². The average Bonchev–Trinajstić information content (AvgIpc) is 2.85. The second-order valence-corrected chi connectivity index (χ2v) is 5.71. The number of nitrogens with one attached hydrogen (secondary N) is 1. The van der Waals surface area contributed by atoms with E-state index < -0.39 is 0 Å². The Morgan fingerprint density at radius 1 is 1.50 bits per heavy atom. The molecule has 1 aliphatic heterocycles. The summed E-state index contributed by atoms with van der Waals surface area (Å²) in [7, 11) is 1.40. The lowest BCUT2D eigenvalue weighted by molar-refractivity contribution is -0.144. The van der Waals surface area contributed by atoms with Gasteiger partial charge in [-0.2, -0.15) is 0 Å². The van der Waals surface area contributed by atoms with E-state index in [1.165, 1.54) is 7.11 Å². The van der Waals surface area contributed by atoms with Crippen molar-refractivity contribution in [3.05, 3.63) is 28.3 Å². The highest BCUT2D eigenvalue weighted by atomic mass is 35.5. The van der Waals surface area contributed by atoms with E-state index in [4.69, 9.17) is 21.1 Å². The van der Waals surface area contributed by atoms with Crippen molar-refractivity contribution in [2.45, 2.75) is 32.9 Å². The van der Waals surface area contributed by atoms with Crippen molar-refractivity contribution in [2.24, 2.45) is 5.92 Å². The molecule has 1 heterocycles. The van der Waals surface area contributed by atoms with Gasteiger partial charge >= 0.3 is 5.97 Å². The smallest absolute Gasteiger partial charge is 0.323 e. The van der Waals surface area contributed by atoms with Gasteiger partial charge in [0.15, 0.2) is 0 Å². The summed E-state index contributed by atoms with van der Waals surface area (Å²) < 4.78 is 10.5. The number of rotatable bonds is 5. The van der Waals surface area contributed by atoms with Crippen LogP contribution in [0.15, 0.2) is 12.1 Å². The molecule has 5 heteroatoms. The van der Waals surface area contributed by atoms with E-state index in [0.717, 1.165) is 23.3 Å². The first-order chi connectivity index (χ1) is 9.52. The highest BCUT2D eigenvalue weighted by Crippen LogP contribution is 2.32. The lowest BCUT2D eigenvalue weighted by Crippen LogP contribution is -2.41. The lowest BCUT2D eigenvalue weighted by atomic mass is 10.0. The van der Waals surface area contributed by atoms with Crippen molar-refractivity contribution >= 4 is 17.6 Å². The molecular formula is C15H20ClNO3. The Bertz CT molecular complexity index is 502. The van der Waals surface area contributed by atoms with Crippen LogP contribution in [-0.2, 0) is 22.5 Å². The fourth-order valence-electron chi connectivity index (χ4n) is 2.42. The first kappa shape index (κ1) is 15.1. The maximum Gasteiger partial charge on any atom is 0.323 e. The Kier molecular flexibility index (Phi) is 4.89. The molecule has 1 aromatic rings. The zero-order chi connectivity index (χ0) is 14.7. The molecule has 0 aromatic heterocycles. The van der Waals surface area contributed by atoms with Gasteiger partial charge in [0.25, 0.3) is 0 Å². The van der Waals surface area contributed by atoms with E-state index >= 15 is 0 Å². The molecule has 1 N–H and O–H groups in total. The number of carbonyl (C=O) groups is 1. The minimum atomic E-state index is -0.337. The van der Waals surface area contributed by atoms with E-state index in [2.05, 4.69) is 5.32 Å². The molecule has 1 aliphatic rings. The van der Waals surface area contributed by atoms with Crippen LogP contribution < -0.4 is 10.1 Å². The Balaban J connectivity index is 2.12. The molecule has 2 rings (SSSR count). The molecule has 0 radical (unpaired) electrons. The fraction of sp³-hybridized carbons (Fsp3) is 0.533. The summed E-state index contributed by atoms with van der Waals surface area (Å²) in [6.07, 6.45) is 0.882. The minimum Gasteiger partial charge on any atom is -0.493 e. The van der Waals surface area contributed by atoms with E-state index in [1.54, 1.807) is 0 Å². The number of hydrogen-bond donors (Lipinski definition) is 1. The first-order valence-electron chi connectivity index (χ1n) is 6.78. The molecule has 20 heavy (non-hydrogen) atoms. The van der Waals surface area contributed by atoms with E-state index in [0.29, 0.717) is 18.2 Å². The standard InChI is InChI=1S/C15H20ClNO3/c1-9(2)13(15(18)19-3)17-8-11-7-12(16)6-10-4-5-20-14(10)11/h6-7,9,13,17H,4-5,8H2,1-3H3. The molecule has 0 aliphatic carbocycles. The maximum absolute atomic E-state index is 11.7. The molecule has 1 unspecified atom stereocenters. The second kappa shape index (κ2) is 6.46. The summed E-state index contributed by atoms with van der Waals surface area (Å²) in [4.78, 5) is 11.7. The third-order valence-electron chi connectivity index (χ3n) is 3.46. The molecular weight excluding hydrogens is 278 g/mol. The van der Waals surface area contributed by atoms with Gasteiger partial charge in [-0.1, -0.05) is 25.4 Å². The van der Waals surface area contributed by atoms with Crippen molar-refractivity contribution < 1.29 is 14.3 Å². The Labute approximate surface area is 124 Å². The van der Waals surface area contributed by atoms with Gasteiger partial charge in [0.05, 0.1) is 13.7 Å². The van der Waals surface area contributed by atoms with E-state index in [1.807, 2.05) is 26.0 Å². The number of carbonyl (C=O) groups excluding carboxylic acids is 1. The van der Waals surface area contributed by atoms with Crippen molar-refractivity contribution in [3.8, 4) is 5.75 Å². The van der Waals surface area contributed by atoms with Gasteiger partial charge in [0, 0.05) is 23.6 Å². The van der Waals surface area contributed by atoms with Crippen LogP contribution >= 0.6 is 11.6 Å². The predicted molar refractivity (Wildman–Crippen MR) is 78.1 cm³/mol. The highest BCUT2D eigenvalue weighted by Gasteiger charge is 2.24. The van der Waals surface area contributed by atoms with Gasteiger partial charge in [-0.15, -0.1) is 0 Å². The van der Waals surface area contributed by atoms with Crippen LogP contribution in [0.25, 0.3) is 0 Å². The molecule has 0 saturated carbocycles. The molecule has 1 aromatic carbocycles. The van der Waals surface area contributed by atoms with Crippen molar-refractivity contribution in [1.82, 2.24) is 5.32 Å². The molecule has 0 spiro atoms. The predicted octanol–water partition coefficient (Wildman–Crippen LogP) is 2.56. The van der Waals surface area contributed by atoms with Crippen LogP contribution in [0.5, 0.6) is 5.75 Å². The summed E-state index contributed by atoms with van der Waals surface area (Å²) in [6, 6.07) is 3.48. The average molecular weight is 298 g/mol. The molecule has 1 atom stereocenters. The number of ether oxygens (including phenoxy) is 2. The summed E-state index contributed by atoms with van der Waals surface area (Å²) >= 11 is 6.12. The second-order valence-electron chi connectivity index (χ2n) is 5.28. The van der Waals surface area contributed by atoms with Crippen LogP contribution in [0.2, 0.25) is 5.02 Å². The number of benzene rings is 1. The number of methoxy groups -OCH3 is 1. The van der Waals surface area contributed by atoms with Crippen molar-refractivity contribution in [1.29, 1.82) is 0 Å². The fourth-order valence-corrected chi connectivity index (χ4v) is 2.68. The molecule has 0 amide bonds. The largest absolute Gasteiger partial charge is 0.493 e. The third kappa shape index (κ3) is 3.25. The van der Waals surface area contributed by atoms with Crippen molar-refractivity contribution in [2.75, 3.05) is 13.7 Å². The van der Waals surface area contributed by atoms with Crippen LogP contribution in [0, 0.1) is 5.92 Å². The van der Waals surface area contributed by atoms with E-state index in [9.17, 15) is 4.79 Å². The summed E-state index contributed by atoms with van der Waals surface area (Å²) in [5, 5.41) is 3.93. The highest BCUT2D eigenvalue weighted by molar-refractivity contribution is 6.30. The van der Waals surface area contributed by atoms with Gasteiger partial charge in [-0.05, 0) is 23.6 Å². The zero-order valence-corrected chi connectivity index (χ0v) is 12.8. The van der Waals surface area contributed by atoms with Gasteiger partial charge in [-0.3, -0.25) is 10.1 Å². The Hall–Kier alpha value is -1.26. The topological polar surface area (TPSA) is 47.6 Å². The summed E-state index contributed by atoms with van der Waals surface area (Å²) in [5.41, 5.74) is 2.12. The summed E-state index contributed by atoms with van der Waals surface area (Å²) in [6.45, 7) is 5.18. The molecule has 4 nitrogen and oxygen atoms in total. The number of fused-ring (bicyclic) bond motifs is 1. The molecule has 110 valence electrons. The molecule has 0 bridgehead atoms. The van der Waals surface area contributed by atoms with Crippen LogP contribution in [0.4, 0.5) is 0 Å². The van der Waals surface area contributed by atoms with Gasteiger partial charge in [0.1, 0.15) is 11.8 Å². The van der Waals surface area contributed by atoms with Crippen LogP contribution in [-0.4, -0.2) is 25.7 Å². The normalized spacial score (nSPS) is 14.8. The van der Waals surface area contributed by atoms with Crippen LogP contribution in [0.3, 0.4) is 0 Å². The summed E-state index contributed by atoms with van der Waals surface area (Å²) in [5.74, 6) is 0.796. The lowest BCUT2D eigenvalue weighted by Gasteiger charge is -2.20. The van der Waals surface area contributed by atoms with Gasteiger partial charge in [-0.25, -0.2) is 0 Å². The monoisotopic (exact) mass is 297 g/mol. The molecule has 0 saturated heterocycles. The minimum absolute atomic E-state index is 0.149. The maximum atomic E-state index is 11.7. The Morgan fingerprint density at radius 3 is 2.90 bits per heavy atom. The first-order valence-corrected chi connectivity index (χ1v) is 7.16. The van der Waals surface area contributed by atoms with Gasteiger partial charge < -0.3 is 9.47 Å². The number of halogens is 1. The number of esters is 1. The Morgan fingerprint density at radius 2 is 2.25 bits per heavy atom.